The molecule has 0 radical (unpaired) electrons. The molecular formula is C15H15ClN6O3. The predicted octanol–water partition coefficient (Wildman–Crippen LogP) is 1.82. The number of hydrogen-bond acceptors (Lipinski definition) is 8. The molecule has 1 saturated carbocycles. The molecule has 0 atom stereocenters. The first kappa shape index (κ1) is 15.9. The zero-order chi connectivity index (χ0) is 17.4. The fraction of sp³-hybridized carbons (Fsp3) is 0.333. The van der Waals surface area contributed by atoms with Crippen molar-refractivity contribution in [2.24, 2.45) is 5.73 Å². The Morgan fingerprint density at radius 1 is 1.32 bits per heavy atom. The summed E-state index contributed by atoms with van der Waals surface area (Å²) in [6.45, 7) is 0.608. The fourth-order valence-corrected chi connectivity index (χ4v) is 2.72. The average molecular weight is 363 g/mol. The second-order valence-corrected chi connectivity index (χ2v) is 6.52. The van der Waals surface area contributed by atoms with E-state index in [1.807, 2.05) is 0 Å². The van der Waals surface area contributed by atoms with E-state index in [0.717, 1.165) is 19.3 Å². The molecule has 25 heavy (non-hydrogen) atoms. The second kappa shape index (κ2) is 6.01. The van der Waals surface area contributed by atoms with Crippen molar-refractivity contribution < 1.29 is 9.15 Å². The minimum absolute atomic E-state index is 0.0822. The lowest BCUT2D eigenvalue weighted by atomic mass is 10.2. The Balaban J connectivity index is 1.65. The molecule has 0 unspecified atom stereocenters. The maximum absolute atomic E-state index is 12.1. The summed E-state index contributed by atoms with van der Waals surface area (Å²) < 4.78 is 10.9. The van der Waals surface area contributed by atoms with Crippen LogP contribution in [-0.2, 0) is 0 Å². The van der Waals surface area contributed by atoms with Crippen LogP contribution in [0.5, 0.6) is 0 Å². The quantitative estimate of drug-likeness (QED) is 0.680. The first-order chi connectivity index (χ1) is 12.1. The van der Waals surface area contributed by atoms with E-state index in [1.165, 1.54) is 4.57 Å². The van der Waals surface area contributed by atoms with Gasteiger partial charge in [-0.15, -0.1) is 0 Å². The summed E-state index contributed by atoms with van der Waals surface area (Å²) in [6.07, 6.45) is 2.85. The van der Waals surface area contributed by atoms with Gasteiger partial charge in [0.25, 0.3) is 0 Å². The van der Waals surface area contributed by atoms with Gasteiger partial charge in [0.15, 0.2) is 5.69 Å². The van der Waals surface area contributed by atoms with Gasteiger partial charge in [0, 0.05) is 17.1 Å². The Bertz CT molecular complexity index is 958. The lowest BCUT2D eigenvalue weighted by Gasteiger charge is -2.09. The van der Waals surface area contributed by atoms with Crippen LogP contribution in [0, 0.1) is 0 Å². The van der Waals surface area contributed by atoms with Gasteiger partial charge in [-0.2, -0.15) is 0 Å². The lowest BCUT2D eigenvalue weighted by Crippen LogP contribution is -2.25. The molecule has 1 aliphatic rings. The second-order valence-electron chi connectivity index (χ2n) is 6.09. The van der Waals surface area contributed by atoms with E-state index in [0.29, 0.717) is 23.1 Å². The molecular weight excluding hydrogens is 348 g/mol. The summed E-state index contributed by atoms with van der Waals surface area (Å²) in [5.41, 5.74) is 6.76. The van der Waals surface area contributed by atoms with Gasteiger partial charge in [-0.05, 0) is 47.8 Å². The number of nitrogens with one attached hydrogen (secondary N) is 1. The van der Waals surface area contributed by atoms with Crippen molar-refractivity contribution in [3.05, 3.63) is 39.8 Å². The number of rotatable bonds is 6. The number of nitrogens with zero attached hydrogens (tertiary/aromatic N) is 4. The van der Waals surface area contributed by atoms with Crippen LogP contribution in [-0.4, -0.2) is 32.1 Å². The van der Waals surface area contributed by atoms with Gasteiger partial charge < -0.3 is 11.1 Å². The van der Waals surface area contributed by atoms with Gasteiger partial charge in [0.05, 0.1) is 5.69 Å². The maximum Gasteiger partial charge on any atom is 0.446 e. The molecule has 0 bridgehead atoms. The Kier molecular flexibility index (Phi) is 3.81. The molecule has 3 aromatic rings. The molecule has 4 rings (SSSR count). The Morgan fingerprint density at radius 2 is 2.16 bits per heavy atom. The zero-order valence-corrected chi connectivity index (χ0v) is 13.9. The molecule has 1 aliphatic carbocycles. The van der Waals surface area contributed by atoms with Crippen molar-refractivity contribution in [2.75, 3.05) is 11.9 Å². The molecule has 10 heteroatoms. The Morgan fingerprint density at radius 3 is 2.92 bits per heavy atom. The first-order valence-electron chi connectivity index (χ1n) is 7.76. The zero-order valence-electron chi connectivity index (χ0n) is 13.1. The van der Waals surface area contributed by atoms with Crippen LogP contribution in [0.3, 0.4) is 0 Å². The highest BCUT2D eigenvalue weighted by molar-refractivity contribution is 6.30. The number of anilines is 1. The molecule has 2 aromatic heterocycles. The number of hydrogen-bond donors (Lipinski definition) is 2. The number of benzene rings is 1. The van der Waals surface area contributed by atoms with Crippen LogP contribution in [0.4, 0.5) is 5.82 Å². The monoisotopic (exact) mass is 362 g/mol. The summed E-state index contributed by atoms with van der Waals surface area (Å²) in [7, 11) is 0. The average Bonchev–Trinajstić information content (AvgIpc) is 2.98. The lowest BCUT2D eigenvalue weighted by molar-refractivity contribution is 0.309. The van der Waals surface area contributed by atoms with Crippen LogP contribution >= 0.6 is 11.6 Å². The molecule has 3 N–H and O–H groups in total. The molecule has 1 fully saturated rings. The van der Waals surface area contributed by atoms with Crippen molar-refractivity contribution in [1.82, 2.24) is 20.0 Å². The van der Waals surface area contributed by atoms with Crippen LogP contribution < -0.4 is 16.8 Å². The molecule has 0 saturated heterocycles. The standard InChI is InChI=1S/C15H15ClN6O3/c16-9-2-1-3-10(8-9)22-13(21-24-14(22)23)11-12(20-25-19-11)18-7-6-15(17)4-5-15/h1-3,8H,4-7,17H2,(H,18,20). The van der Waals surface area contributed by atoms with Gasteiger partial charge in [-0.3, -0.25) is 4.52 Å². The fourth-order valence-electron chi connectivity index (χ4n) is 2.53. The minimum atomic E-state index is -0.662. The largest absolute Gasteiger partial charge is 0.446 e. The molecule has 9 nitrogen and oxygen atoms in total. The third-order valence-electron chi connectivity index (χ3n) is 4.18. The van der Waals surface area contributed by atoms with E-state index < -0.39 is 5.76 Å². The van der Waals surface area contributed by atoms with Crippen LogP contribution in [0.2, 0.25) is 5.02 Å². The van der Waals surface area contributed by atoms with E-state index in [4.69, 9.17) is 26.5 Å². The molecule has 0 spiro atoms. The van der Waals surface area contributed by atoms with E-state index in [9.17, 15) is 4.79 Å². The molecule has 0 amide bonds. The van der Waals surface area contributed by atoms with E-state index in [-0.39, 0.29) is 17.1 Å². The maximum atomic E-state index is 12.1. The summed E-state index contributed by atoms with van der Waals surface area (Å²) in [5.74, 6) is -0.122. The smallest absolute Gasteiger partial charge is 0.365 e. The van der Waals surface area contributed by atoms with E-state index >= 15 is 0 Å². The van der Waals surface area contributed by atoms with Crippen LogP contribution in [0.1, 0.15) is 19.3 Å². The van der Waals surface area contributed by atoms with Gasteiger partial charge in [-0.1, -0.05) is 22.8 Å². The summed E-state index contributed by atoms with van der Waals surface area (Å²) in [5, 5.41) is 15.1. The first-order valence-corrected chi connectivity index (χ1v) is 8.14. The number of aromatic nitrogens is 4. The van der Waals surface area contributed by atoms with Gasteiger partial charge in [0.2, 0.25) is 11.6 Å². The van der Waals surface area contributed by atoms with Crippen molar-refractivity contribution in [2.45, 2.75) is 24.8 Å². The van der Waals surface area contributed by atoms with Crippen molar-refractivity contribution in [3.63, 3.8) is 0 Å². The normalized spacial score (nSPS) is 15.3. The predicted molar refractivity (Wildman–Crippen MR) is 89.7 cm³/mol. The summed E-state index contributed by atoms with van der Waals surface area (Å²) >= 11 is 6.00. The van der Waals surface area contributed by atoms with Crippen LogP contribution in [0.25, 0.3) is 17.2 Å². The summed E-state index contributed by atoms with van der Waals surface area (Å²) in [6, 6.07) is 6.75. The molecule has 0 aliphatic heterocycles. The highest BCUT2D eigenvalue weighted by Crippen LogP contribution is 2.35. The highest BCUT2D eigenvalue weighted by Gasteiger charge is 2.37. The van der Waals surface area contributed by atoms with Gasteiger partial charge in [-0.25, -0.2) is 14.0 Å². The van der Waals surface area contributed by atoms with E-state index in [2.05, 4.69) is 20.8 Å². The summed E-state index contributed by atoms with van der Waals surface area (Å²) in [4.78, 5) is 12.1. The van der Waals surface area contributed by atoms with Crippen molar-refractivity contribution >= 4 is 17.4 Å². The third kappa shape index (κ3) is 3.15. The topological polar surface area (TPSA) is 125 Å². The Hall–Kier alpha value is -2.65. The van der Waals surface area contributed by atoms with Crippen molar-refractivity contribution in [1.29, 1.82) is 0 Å². The molecule has 130 valence electrons. The van der Waals surface area contributed by atoms with Crippen molar-refractivity contribution in [3.8, 4) is 17.2 Å². The number of halogens is 1. The molecule has 1 aromatic carbocycles. The van der Waals surface area contributed by atoms with Gasteiger partial charge in [0.1, 0.15) is 0 Å². The van der Waals surface area contributed by atoms with Gasteiger partial charge >= 0.3 is 5.76 Å². The van der Waals surface area contributed by atoms with E-state index in [1.54, 1.807) is 24.3 Å². The number of nitrogens with two attached hydrogens (primary N) is 1. The minimum Gasteiger partial charge on any atom is -0.365 e. The van der Waals surface area contributed by atoms with Crippen LogP contribution in [0.15, 0.2) is 38.2 Å². The highest BCUT2D eigenvalue weighted by atomic mass is 35.5. The SMILES string of the molecule is NC1(CCNc2nonc2-c2noc(=O)n2-c2cccc(Cl)c2)CC1. The molecule has 2 heterocycles. The Labute approximate surface area is 146 Å². The third-order valence-corrected chi connectivity index (χ3v) is 4.41.